The van der Waals surface area contributed by atoms with Gasteiger partial charge in [-0.1, -0.05) is 0 Å². The molecule has 0 unspecified atom stereocenters. The van der Waals surface area contributed by atoms with Gasteiger partial charge < -0.3 is 21.5 Å². The van der Waals surface area contributed by atoms with Crippen LogP contribution >= 0.6 is 0 Å². The summed E-state index contributed by atoms with van der Waals surface area (Å²) in [6.07, 6.45) is 3.97. The van der Waals surface area contributed by atoms with Gasteiger partial charge in [-0.2, -0.15) is 0 Å². The zero-order valence-corrected chi connectivity index (χ0v) is 17.4. The van der Waals surface area contributed by atoms with Crippen LogP contribution in [0.25, 0.3) is 0 Å². The van der Waals surface area contributed by atoms with Crippen molar-refractivity contribution >= 4 is 27.3 Å². The Morgan fingerprint density at radius 1 is 1.26 bits per heavy atom. The first-order chi connectivity index (χ1) is 14.6. The Balaban J connectivity index is 1.65. The molecular formula is C19H21FN6O4S. The maximum atomic E-state index is 14.7. The second kappa shape index (κ2) is 7.24. The average molecular weight is 448 g/mol. The number of sulfone groups is 1. The van der Waals surface area contributed by atoms with Gasteiger partial charge in [-0.25, -0.2) is 27.8 Å². The summed E-state index contributed by atoms with van der Waals surface area (Å²) in [5.41, 5.74) is 10.3. The van der Waals surface area contributed by atoms with E-state index < -0.39 is 37.7 Å². The zero-order chi connectivity index (χ0) is 22.4. The Hall–Kier alpha value is -3.12. The van der Waals surface area contributed by atoms with Crippen molar-refractivity contribution in [2.75, 3.05) is 18.2 Å². The molecule has 2 aliphatic rings. The molecule has 4 rings (SSSR count). The highest BCUT2D eigenvalue weighted by atomic mass is 32.2. The van der Waals surface area contributed by atoms with Gasteiger partial charge in [-0.3, -0.25) is 4.79 Å². The van der Waals surface area contributed by atoms with Crippen LogP contribution in [0.5, 0.6) is 5.88 Å². The van der Waals surface area contributed by atoms with E-state index in [1.807, 2.05) is 0 Å². The van der Waals surface area contributed by atoms with Crippen LogP contribution in [-0.2, 0) is 15.5 Å². The van der Waals surface area contributed by atoms with Gasteiger partial charge >= 0.3 is 0 Å². The highest BCUT2D eigenvalue weighted by molar-refractivity contribution is 7.93. The number of hydrogen-bond acceptors (Lipinski definition) is 9. The zero-order valence-electron chi connectivity index (χ0n) is 16.6. The number of amidine groups is 1. The van der Waals surface area contributed by atoms with Gasteiger partial charge in [0.05, 0.1) is 25.3 Å². The molecule has 1 atom stereocenters. The molecule has 164 valence electrons. The van der Waals surface area contributed by atoms with Crippen molar-refractivity contribution in [3.05, 3.63) is 47.7 Å². The van der Waals surface area contributed by atoms with Crippen molar-refractivity contribution in [2.45, 2.75) is 29.7 Å². The van der Waals surface area contributed by atoms with Gasteiger partial charge in [0.15, 0.2) is 15.5 Å². The summed E-state index contributed by atoms with van der Waals surface area (Å²) < 4.78 is 44.2. The Morgan fingerprint density at radius 3 is 2.55 bits per heavy atom. The number of nitrogens with zero attached hydrogens (tertiary/aromatic N) is 3. The van der Waals surface area contributed by atoms with Gasteiger partial charge in [0, 0.05) is 11.3 Å². The normalized spacial score (nSPS) is 23.5. The number of carbonyl (C=O) groups is 1. The highest BCUT2D eigenvalue weighted by Crippen LogP contribution is 2.45. The minimum absolute atomic E-state index is 0.00331. The van der Waals surface area contributed by atoms with Gasteiger partial charge in [0.25, 0.3) is 5.91 Å². The van der Waals surface area contributed by atoms with Crippen LogP contribution in [-0.4, -0.2) is 47.7 Å². The van der Waals surface area contributed by atoms with Crippen LogP contribution in [0.2, 0.25) is 0 Å². The minimum atomic E-state index is -3.76. The summed E-state index contributed by atoms with van der Waals surface area (Å²) in [4.78, 5) is 24.5. The number of halogens is 1. The molecule has 1 fully saturated rings. The number of aromatic nitrogens is 2. The Kier molecular flexibility index (Phi) is 4.93. The number of methoxy groups -OCH3 is 1. The molecule has 5 N–H and O–H groups in total. The lowest BCUT2D eigenvalue weighted by Crippen LogP contribution is -2.64. The number of carbonyl (C=O) groups excluding carboxylic acids is 1. The smallest absolute Gasteiger partial charge is 0.275 e. The van der Waals surface area contributed by atoms with E-state index in [9.17, 15) is 17.6 Å². The third-order valence-corrected chi connectivity index (χ3v) is 8.34. The topological polar surface area (TPSA) is 163 Å². The average Bonchev–Trinajstić information content (AvgIpc) is 2.67. The number of ether oxygens (including phenoxy) is 1. The number of anilines is 1. The van der Waals surface area contributed by atoms with E-state index in [2.05, 4.69) is 20.3 Å². The molecule has 2 aromatic rings. The summed E-state index contributed by atoms with van der Waals surface area (Å²) in [7, 11) is -2.34. The first-order valence-electron chi connectivity index (χ1n) is 9.45. The quantitative estimate of drug-likeness (QED) is 0.615. The molecule has 12 heteroatoms. The van der Waals surface area contributed by atoms with Gasteiger partial charge in [-0.05, 0) is 37.5 Å². The molecule has 1 spiro atoms. The monoisotopic (exact) mass is 448 g/mol. The molecule has 1 amide bonds. The fraction of sp³-hybridized carbons (Fsp3) is 0.368. The molecule has 1 saturated carbocycles. The van der Waals surface area contributed by atoms with Crippen LogP contribution in [0.4, 0.5) is 10.1 Å². The number of aliphatic imine (C=N–C) groups is 1. The van der Waals surface area contributed by atoms with Crippen molar-refractivity contribution in [3.8, 4) is 5.88 Å². The molecule has 2 heterocycles. The Morgan fingerprint density at radius 2 is 2.00 bits per heavy atom. The van der Waals surface area contributed by atoms with Crippen molar-refractivity contribution in [1.82, 2.24) is 9.97 Å². The predicted octanol–water partition coefficient (Wildman–Crippen LogP) is 0.696. The summed E-state index contributed by atoms with van der Waals surface area (Å²) in [6.45, 7) is 0. The van der Waals surface area contributed by atoms with Crippen molar-refractivity contribution in [2.24, 2.45) is 16.5 Å². The first-order valence-corrected chi connectivity index (χ1v) is 11.1. The van der Waals surface area contributed by atoms with E-state index in [-0.39, 0.29) is 28.7 Å². The van der Waals surface area contributed by atoms with Crippen LogP contribution in [0.3, 0.4) is 0 Å². The minimum Gasteiger partial charge on any atom is -0.480 e. The van der Waals surface area contributed by atoms with Crippen molar-refractivity contribution in [1.29, 1.82) is 0 Å². The summed E-state index contributed by atoms with van der Waals surface area (Å²) in [5, 5.41) is 2.56. The molecule has 31 heavy (non-hydrogen) atoms. The first kappa shape index (κ1) is 21.1. The maximum Gasteiger partial charge on any atom is 0.275 e. The SMILES string of the molecule is COc1cnc(C(=O)Nc2ccc(F)c([C@]3(N)CS(=O)(=O)C4(CCC4)C(N)=N3)c2)cn1. The van der Waals surface area contributed by atoms with Crippen molar-refractivity contribution < 1.29 is 22.3 Å². The predicted molar refractivity (Wildman–Crippen MR) is 111 cm³/mol. The number of benzene rings is 1. The van der Waals surface area contributed by atoms with E-state index >= 15 is 0 Å². The Labute approximate surface area is 177 Å². The lowest BCUT2D eigenvalue weighted by molar-refractivity contribution is 0.102. The number of amides is 1. The van der Waals surface area contributed by atoms with E-state index in [0.717, 1.165) is 12.5 Å². The van der Waals surface area contributed by atoms with Crippen LogP contribution in [0.15, 0.2) is 35.6 Å². The fourth-order valence-electron chi connectivity index (χ4n) is 3.81. The molecule has 1 aliphatic heterocycles. The van der Waals surface area contributed by atoms with E-state index in [1.54, 1.807) is 0 Å². The standard InChI is InChI=1S/C19H21FN6O4S/c1-30-15-9-23-14(8-24-15)16(27)25-11-3-4-13(20)12(7-11)19(22)10-31(28,29)18(5-2-6-18)17(21)26-19/h3-4,7-9H,2,5-6,10,22H2,1H3,(H2,21,26)(H,25,27)/t19-/m0/s1. The fourth-order valence-corrected chi connectivity index (χ4v) is 6.16. The van der Waals surface area contributed by atoms with E-state index in [4.69, 9.17) is 16.2 Å². The second-order valence-electron chi connectivity index (χ2n) is 7.62. The molecule has 0 bridgehead atoms. The van der Waals surface area contributed by atoms with E-state index in [1.165, 1.54) is 31.6 Å². The number of nitrogens with two attached hydrogens (primary N) is 2. The molecule has 10 nitrogen and oxygen atoms in total. The summed E-state index contributed by atoms with van der Waals surface area (Å²) in [6, 6.07) is 3.63. The molecular weight excluding hydrogens is 427 g/mol. The molecule has 1 aliphatic carbocycles. The largest absolute Gasteiger partial charge is 0.480 e. The highest BCUT2D eigenvalue weighted by Gasteiger charge is 2.58. The van der Waals surface area contributed by atoms with Crippen LogP contribution in [0, 0.1) is 5.82 Å². The number of nitrogens with one attached hydrogen (secondary N) is 1. The molecule has 1 aromatic heterocycles. The van der Waals surface area contributed by atoms with Crippen molar-refractivity contribution in [3.63, 3.8) is 0 Å². The summed E-state index contributed by atoms with van der Waals surface area (Å²) in [5.74, 6) is -1.81. The second-order valence-corrected chi connectivity index (χ2v) is 9.92. The third-order valence-electron chi connectivity index (χ3n) is 5.71. The van der Waals surface area contributed by atoms with Gasteiger partial charge in [-0.15, -0.1) is 0 Å². The number of hydrogen-bond donors (Lipinski definition) is 3. The third kappa shape index (κ3) is 3.41. The maximum absolute atomic E-state index is 14.7. The molecule has 0 radical (unpaired) electrons. The molecule has 0 saturated heterocycles. The van der Waals surface area contributed by atoms with Gasteiger partial charge in [0.2, 0.25) is 5.88 Å². The van der Waals surface area contributed by atoms with Crippen LogP contribution < -0.4 is 21.5 Å². The number of rotatable bonds is 4. The van der Waals surface area contributed by atoms with E-state index in [0.29, 0.717) is 12.8 Å². The van der Waals surface area contributed by atoms with Gasteiger partial charge in [0.1, 0.15) is 22.1 Å². The lowest BCUT2D eigenvalue weighted by Gasteiger charge is -2.46. The van der Waals surface area contributed by atoms with Crippen LogP contribution in [0.1, 0.15) is 35.3 Å². The Bertz CT molecular complexity index is 1180. The lowest BCUT2D eigenvalue weighted by atomic mass is 9.82. The molecule has 1 aromatic carbocycles. The summed E-state index contributed by atoms with van der Waals surface area (Å²) >= 11 is 0.